The molecule has 18 heavy (non-hydrogen) atoms. The van der Waals surface area contributed by atoms with Crippen molar-refractivity contribution in [3.8, 4) is 0 Å². The lowest BCUT2D eigenvalue weighted by Crippen LogP contribution is -2.32. The monoisotopic (exact) mass is 249 g/mol. The second-order valence-electron chi connectivity index (χ2n) is 5.30. The molecule has 1 aliphatic rings. The predicted molar refractivity (Wildman–Crippen MR) is 71.2 cm³/mol. The first kappa shape index (κ1) is 13.3. The van der Waals surface area contributed by atoms with Gasteiger partial charge in [0.2, 0.25) is 0 Å². The van der Waals surface area contributed by atoms with Crippen LogP contribution in [-0.4, -0.2) is 21.4 Å². The fraction of sp³-hybridized carbons (Fsp3) is 0.714. The molecule has 100 valence electrons. The summed E-state index contributed by atoms with van der Waals surface area (Å²) in [6.07, 6.45) is 9.27. The van der Waals surface area contributed by atoms with Gasteiger partial charge in [-0.05, 0) is 25.7 Å². The van der Waals surface area contributed by atoms with E-state index in [1.165, 1.54) is 0 Å². The summed E-state index contributed by atoms with van der Waals surface area (Å²) >= 11 is 0. The number of nitrogens with two attached hydrogens (primary N) is 1. The Morgan fingerprint density at radius 3 is 3.11 bits per heavy atom. The van der Waals surface area contributed by atoms with Crippen LogP contribution in [0.25, 0.3) is 0 Å². The highest BCUT2D eigenvalue weighted by molar-refractivity contribution is 5.82. The second-order valence-corrected chi connectivity index (χ2v) is 5.30. The minimum absolute atomic E-state index is 0.153. The molecule has 1 aliphatic carbocycles. The molecule has 4 heteroatoms. The van der Waals surface area contributed by atoms with Crippen LogP contribution in [0.5, 0.6) is 0 Å². The average Bonchev–Trinajstić information content (AvgIpc) is 2.77. The van der Waals surface area contributed by atoms with Gasteiger partial charge in [0.05, 0.1) is 6.42 Å². The van der Waals surface area contributed by atoms with Gasteiger partial charge in [-0.3, -0.25) is 4.79 Å². The molecule has 1 saturated carbocycles. The first-order valence-corrected chi connectivity index (χ1v) is 6.99. The van der Waals surface area contributed by atoms with E-state index in [-0.39, 0.29) is 12.0 Å². The zero-order valence-electron chi connectivity index (χ0n) is 11.1. The standard InChI is InChI=1S/C14H23N3O/c1-2-7-17-8-6-16-14(17)10-13(18)11-4-3-5-12(15)9-11/h6,8,11-12H,2-5,7,9-10,15H2,1H3. The quantitative estimate of drug-likeness (QED) is 0.867. The Kier molecular flexibility index (Phi) is 4.53. The van der Waals surface area contributed by atoms with E-state index in [4.69, 9.17) is 5.73 Å². The molecule has 0 aromatic carbocycles. The van der Waals surface area contributed by atoms with E-state index >= 15 is 0 Å². The Morgan fingerprint density at radius 2 is 2.39 bits per heavy atom. The van der Waals surface area contributed by atoms with Crippen molar-refractivity contribution >= 4 is 5.78 Å². The normalized spacial score (nSPS) is 24.1. The number of aryl methyl sites for hydroxylation is 1. The van der Waals surface area contributed by atoms with Gasteiger partial charge in [-0.1, -0.05) is 13.3 Å². The molecule has 2 unspecified atom stereocenters. The number of Topliss-reactive ketones (excluding diaryl/α,β-unsaturated/α-hetero) is 1. The van der Waals surface area contributed by atoms with Crippen molar-refractivity contribution in [2.45, 2.75) is 58.0 Å². The molecule has 1 aromatic rings. The van der Waals surface area contributed by atoms with Crippen LogP contribution in [0.1, 0.15) is 44.9 Å². The van der Waals surface area contributed by atoms with Crippen molar-refractivity contribution in [1.82, 2.24) is 9.55 Å². The number of hydrogen-bond acceptors (Lipinski definition) is 3. The molecule has 1 heterocycles. The number of nitrogens with zero attached hydrogens (tertiary/aromatic N) is 2. The third-order valence-corrected chi connectivity index (χ3v) is 3.77. The minimum atomic E-state index is 0.153. The first-order valence-electron chi connectivity index (χ1n) is 6.99. The third-order valence-electron chi connectivity index (χ3n) is 3.77. The number of rotatable bonds is 5. The maximum Gasteiger partial charge on any atom is 0.143 e. The van der Waals surface area contributed by atoms with Crippen molar-refractivity contribution in [2.75, 3.05) is 0 Å². The summed E-state index contributed by atoms with van der Waals surface area (Å²) in [6.45, 7) is 3.07. The highest BCUT2D eigenvalue weighted by Crippen LogP contribution is 2.24. The van der Waals surface area contributed by atoms with Gasteiger partial charge >= 0.3 is 0 Å². The summed E-state index contributed by atoms with van der Waals surface area (Å²) in [7, 11) is 0. The Morgan fingerprint density at radius 1 is 1.56 bits per heavy atom. The molecule has 4 nitrogen and oxygen atoms in total. The lowest BCUT2D eigenvalue weighted by atomic mass is 9.82. The van der Waals surface area contributed by atoms with Gasteiger partial charge in [0, 0.05) is 30.9 Å². The molecule has 2 atom stereocenters. The van der Waals surface area contributed by atoms with Crippen LogP contribution in [0.4, 0.5) is 0 Å². The zero-order valence-corrected chi connectivity index (χ0v) is 11.1. The smallest absolute Gasteiger partial charge is 0.143 e. The number of carbonyl (C=O) groups excluding carboxylic acids is 1. The number of aromatic nitrogens is 2. The summed E-state index contributed by atoms with van der Waals surface area (Å²) < 4.78 is 2.08. The summed E-state index contributed by atoms with van der Waals surface area (Å²) in [5.74, 6) is 1.37. The molecule has 0 bridgehead atoms. The summed E-state index contributed by atoms with van der Waals surface area (Å²) in [5, 5.41) is 0. The largest absolute Gasteiger partial charge is 0.335 e. The second kappa shape index (κ2) is 6.14. The fourth-order valence-electron chi connectivity index (χ4n) is 2.77. The van der Waals surface area contributed by atoms with E-state index in [2.05, 4.69) is 16.5 Å². The molecule has 0 saturated heterocycles. The summed E-state index contributed by atoms with van der Waals surface area (Å²) in [5.41, 5.74) is 5.94. The third kappa shape index (κ3) is 3.19. The molecule has 0 radical (unpaired) electrons. The van der Waals surface area contributed by atoms with E-state index in [9.17, 15) is 4.79 Å². The molecule has 1 fully saturated rings. The van der Waals surface area contributed by atoms with Crippen LogP contribution in [0, 0.1) is 5.92 Å². The number of imidazole rings is 1. The topological polar surface area (TPSA) is 60.9 Å². The molecule has 1 aromatic heterocycles. The van der Waals surface area contributed by atoms with Crippen LogP contribution < -0.4 is 5.73 Å². The molecule has 0 amide bonds. The van der Waals surface area contributed by atoms with E-state index in [1.807, 2.05) is 6.20 Å². The Balaban J connectivity index is 1.95. The summed E-state index contributed by atoms with van der Waals surface area (Å²) in [6, 6.07) is 0.211. The maximum absolute atomic E-state index is 12.3. The molecule has 0 aliphatic heterocycles. The predicted octanol–water partition coefficient (Wildman–Crippen LogP) is 1.92. The number of hydrogen-bond donors (Lipinski definition) is 1. The molecular weight excluding hydrogens is 226 g/mol. The lowest BCUT2D eigenvalue weighted by molar-refractivity contribution is -0.123. The van der Waals surface area contributed by atoms with Crippen molar-refractivity contribution in [1.29, 1.82) is 0 Å². The Labute approximate surface area is 109 Å². The van der Waals surface area contributed by atoms with E-state index in [0.717, 1.165) is 44.5 Å². The van der Waals surface area contributed by atoms with Crippen LogP contribution in [0.2, 0.25) is 0 Å². The highest BCUT2D eigenvalue weighted by atomic mass is 16.1. The van der Waals surface area contributed by atoms with Gasteiger partial charge in [0.15, 0.2) is 0 Å². The van der Waals surface area contributed by atoms with Gasteiger partial charge in [-0.15, -0.1) is 0 Å². The Bertz CT molecular complexity index is 399. The van der Waals surface area contributed by atoms with Crippen LogP contribution >= 0.6 is 0 Å². The number of ketones is 1. The maximum atomic E-state index is 12.3. The molecule has 0 spiro atoms. The van der Waals surface area contributed by atoms with Gasteiger partial charge in [-0.25, -0.2) is 4.98 Å². The average molecular weight is 249 g/mol. The van der Waals surface area contributed by atoms with Gasteiger partial charge < -0.3 is 10.3 Å². The summed E-state index contributed by atoms with van der Waals surface area (Å²) in [4.78, 5) is 16.6. The van der Waals surface area contributed by atoms with Crippen LogP contribution in [0.15, 0.2) is 12.4 Å². The lowest BCUT2D eigenvalue weighted by Gasteiger charge is -2.25. The van der Waals surface area contributed by atoms with Gasteiger partial charge in [-0.2, -0.15) is 0 Å². The van der Waals surface area contributed by atoms with E-state index < -0.39 is 0 Å². The SMILES string of the molecule is CCCn1ccnc1CC(=O)C1CCCC(N)C1. The fourth-order valence-corrected chi connectivity index (χ4v) is 2.77. The highest BCUT2D eigenvalue weighted by Gasteiger charge is 2.25. The van der Waals surface area contributed by atoms with Crippen LogP contribution in [-0.2, 0) is 17.8 Å². The van der Waals surface area contributed by atoms with E-state index in [1.54, 1.807) is 6.20 Å². The van der Waals surface area contributed by atoms with Crippen molar-refractivity contribution in [3.05, 3.63) is 18.2 Å². The van der Waals surface area contributed by atoms with Gasteiger partial charge in [0.1, 0.15) is 11.6 Å². The Hall–Kier alpha value is -1.16. The molecule has 2 rings (SSSR count). The van der Waals surface area contributed by atoms with Crippen LogP contribution in [0.3, 0.4) is 0 Å². The van der Waals surface area contributed by atoms with E-state index in [0.29, 0.717) is 12.2 Å². The molecule has 2 N–H and O–H groups in total. The minimum Gasteiger partial charge on any atom is -0.335 e. The molecular formula is C14H23N3O. The van der Waals surface area contributed by atoms with Crippen molar-refractivity contribution in [2.24, 2.45) is 11.7 Å². The van der Waals surface area contributed by atoms with Crippen molar-refractivity contribution < 1.29 is 4.79 Å². The zero-order chi connectivity index (χ0) is 13.0. The number of carbonyl (C=O) groups is 1. The first-order chi connectivity index (χ1) is 8.70. The van der Waals surface area contributed by atoms with Crippen molar-refractivity contribution in [3.63, 3.8) is 0 Å². The van der Waals surface area contributed by atoms with Gasteiger partial charge in [0.25, 0.3) is 0 Å².